The maximum Gasteiger partial charge on any atom is 0.407 e. The van der Waals surface area contributed by atoms with E-state index < -0.39 is 5.60 Å². The van der Waals surface area contributed by atoms with Crippen LogP contribution in [-0.2, 0) is 4.74 Å². The van der Waals surface area contributed by atoms with E-state index in [1.165, 1.54) is 0 Å². The predicted molar refractivity (Wildman–Crippen MR) is 81.6 cm³/mol. The second-order valence-electron chi connectivity index (χ2n) is 6.18. The van der Waals surface area contributed by atoms with Crippen LogP contribution < -0.4 is 10.2 Å². The zero-order valence-corrected chi connectivity index (χ0v) is 13.4. The molecule has 0 aromatic carbocycles. The molecule has 0 radical (unpaired) electrons. The van der Waals surface area contributed by atoms with E-state index in [-0.39, 0.29) is 6.09 Å². The van der Waals surface area contributed by atoms with Crippen molar-refractivity contribution >= 4 is 23.6 Å². The van der Waals surface area contributed by atoms with Gasteiger partial charge in [0.2, 0.25) is 5.95 Å². The van der Waals surface area contributed by atoms with Crippen LogP contribution in [0, 0.1) is 5.92 Å². The SMILES string of the molecule is CC(C)(C)OC(=O)NC[C@H]1CCN(c2ncc(Cl)cn2)C1. The van der Waals surface area contributed by atoms with E-state index in [9.17, 15) is 4.79 Å². The van der Waals surface area contributed by atoms with Crippen molar-refractivity contribution in [1.29, 1.82) is 0 Å². The number of hydrogen-bond acceptors (Lipinski definition) is 5. The molecule has 116 valence electrons. The maximum absolute atomic E-state index is 11.6. The third-order valence-corrected chi connectivity index (χ3v) is 3.30. The van der Waals surface area contributed by atoms with Crippen LogP contribution in [0.1, 0.15) is 27.2 Å². The topological polar surface area (TPSA) is 67.3 Å². The minimum absolute atomic E-state index is 0.372. The summed E-state index contributed by atoms with van der Waals surface area (Å²) < 4.78 is 5.22. The van der Waals surface area contributed by atoms with E-state index in [0.717, 1.165) is 19.5 Å². The van der Waals surface area contributed by atoms with Crippen LogP contribution in [-0.4, -0.2) is 41.3 Å². The Hall–Kier alpha value is -1.56. The molecule has 0 saturated carbocycles. The molecule has 7 heteroatoms. The molecule has 1 aliphatic heterocycles. The number of rotatable bonds is 3. The first-order chi connectivity index (χ1) is 9.83. The highest BCUT2D eigenvalue weighted by atomic mass is 35.5. The van der Waals surface area contributed by atoms with Crippen LogP contribution in [0.15, 0.2) is 12.4 Å². The number of aromatic nitrogens is 2. The molecule has 0 spiro atoms. The van der Waals surface area contributed by atoms with Crippen molar-refractivity contribution < 1.29 is 9.53 Å². The van der Waals surface area contributed by atoms with Gasteiger partial charge >= 0.3 is 6.09 Å². The Morgan fingerprint density at radius 1 is 1.48 bits per heavy atom. The van der Waals surface area contributed by atoms with Crippen molar-refractivity contribution in [2.24, 2.45) is 5.92 Å². The molecule has 1 fully saturated rings. The second-order valence-corrected chi connectivity index (χ2v) is 6.62. The van der Waals surface area contributed by atoms with E-state index >= 15 is 0 Å². The van der Waals surface area contributed by atoms with Gasteiger partial charge in [-0.05, 0) is 33.1 Å². The quantitative estimate of drug-likeness (QED) is 0.928. The van der Waals surface area contributed by atoms with Crippen molar-refractivity contribution in [1.82, 2.24) is 15.3 Å². The molecule has 0 aliphatic carbocycles. The van der Waals surface area contributed by atoms with Gasteiger partial charge in [-0.3, -0.25) is 0 Å². The van der Waals surface area contributed by atoms with Crippen molar-refractivity contribution in [2.75, 3.05) is 24.5 Å². The number of nitrogens with zero attached hydrogens (tertiary/aromatic N) is 3. The van der Waals surface area contributed by atoms with Crippen molar-refractivity contribution in [3.63, 3.8) is 0 Å². The van der Waals surface area contributed by atoms with Gasteiger partial charge in [-0.25, -0.2) is 14.8 Å². The average Bonchev–Trinajstić information content (AvgIpc) is 2.84. The third-order valence-electron chi connectivity index (χ3n) is 3.11. The summed E-state index contributed by atoms with van der Waals surface area (Å²) in [5.74, 6) is 1.05. The number of hydrogen-bond donors (Lipinski definition) is 1. The summed E-state index contributed by atoms with van der Waals surface area (Å²) in [6.45, 7) is 7.84. The van der Waals surface area contributed by atoms with Gasteiger partial charge in [-0.1, -0.05) is 11.6 Å². The van der Waals surface area contributed by atoms with Gasteiger partial charge in [0.1, 0.15) is 5.60 Å². The first-order valence-corrected chi connectivity index (χ1v) is 7.40. The van der Waals surface area contributed by atoms with E-state index in [4.69, 9.17) is 16.3 Å². The second kappa shape index (κ2) is 6.47. The lowest BCUT2D eigenvalue weighted by Crippen LogP contribution is -2.36. The number of carbonyl (C=O) groups excluding carboxylic acids is 1. The molecule has 0 unspecified atom stereocenters. The predicted octanol–water partition coefficient (Wildman–Crippen LogP) is 2.48. The standard InChI is InChI=1S/C14H21ClN4O2/c1-14(2,3)21-13(20)18-6-10-4-5-19(9-10)12-16-7-11(15)8-17-12/h7-8,10H,4-6,9H2,1-3H3,(H,18,20)/t10-/m1/s1. The summed E-state index contributed by atoms with van der Waals surface area (Å²) in [5, 5.41) is 3.34. The van der Waals surface area contributed by atoms with Crippen LogP contribution >= 0.6 is 11.6 Å². The molecular weight excluding hydrogens is 292 g/mol. The minimum atomic E-state index is -0.469. The third kappa shape index (κ3) is 5.04. The molecule has 6 nitrogen and oxygen atoms in total. The van der Waals surface area contributed by atoms with Crippen LogP contribution in [0.2, 0.25) is 5.02 Å². The molecular formula is C14H21ClN4O2. The molecule has 2 heterocycles. The smallest absolute Gasteiger partial charge is 0.407 e. The van der Waals surface area contributed by atoms with E-state index in [0.29, 0.717) is 23.4 Å². The van der Waals surface area contributed by atoms with Crippen molar-refractivity contribution in [3.8, 4) is 0 Å². The van der Waals surface area contributed by atoms with E-state index in [1.54, 1.807) is 12.4 Å². The number of carbonyl (C=O) groups is 1. The van der Waals surface area contributed by atoms with Gasteiger partial charge in [-0.15, -0.1) is 0 Å². The van der Waals surface area contributed by atoms with Gasteiger partial charge in [0.25, 0.3) is 0 Å². The number of alkyl carbamates (subject to hydrolysis) is 1. The van der Waals surface area contributed by atoms with Gasteiger partial charge < -0.3 is 15.0 Å². The Morgan fingerprint density at radius 2 is 2.14 bits per heavy atom. The Labute approximate surface area is 129 Å². The normalized spacial score (nSPS) is 18.7. The van der Waals surface area contributed by atoms with Crippen LogP contribution in [0.4, 0.5) is 10.7 Å². The molecule has 1 aromatic heterocycles. The molecule has 1 saturated heterocycles. The van der Waals surface area contributed by atoms with E-state index in [1.807, 2.05) is 20.8 Å². The fraction of sp³-hybridized carbons (Fsp3) is 0.643. The molecule has 1 aromatic rings. The Kier molecular flexibility index (Phi) is 4.88. The molecule has 21 heavy (non-hydrogen) atoms. The molecule has 2 rings (SSSR count). The summed E-state index contributed by atoms with van der Waals surface area (Å²) in [6.07, 6.45) is 3.80. The molecule has 1 amide bonds. The van der Waals surface area contributed by atoms with E-state index in [2.05, 4.69) is 20.2 Å². The van der Waals surface area contributed by atoms with Gasteiger partial charge in [0, 0.05) is 19.6 Å². The lowest BCUT2D eigenvalue weighted by atomic mass is 10.1. The number of anilines is 1. The number of ether oxygens (including phenoxy) is 1. The largest absolute Gasteiger partial charge is 0.444 e. The van der Waals surface area contributed by atoms with Gasteiger partial charge in [0.15, 0.2) is 0 Å². The lowest BCUT2D eigenvalue weighted by Gasteiger charge is -2.21. The number of halogens is 1. The summed E-state index contributed by atoms with van der Waals surface area (Å²) in [4.78, 5) is 22.1. The number of nitrogens with one attached hydrogen (secondary N) is 1. The average molecular weight is 313 g/mol. The van der Waals surface area contributed by atoms with Crippen LogP contribution in [0.3, 0.4) is 0 Å². The van der Waals surface area contributed by atoms with Crippen LogP contribution in [0.5, 0.6) is 0 Å². The maximum atomic E-state index is 11.6. The zero-order chi connectivity index (χ0) is 15.5. The summed E-state index contributed by atoms with van der Waals surface area (Å²) in [6, 6.07) is 0. The number of amides is 1. The summed E-state index contributed by atoms with van der Waals surface area (Å²) >= 11 is 5.78. The fourth-order valence-electron chi connectivity index (χ4n) is 2.19. The Bertz CT molecular complexity index is 487. The first kappa shape index (κ1) is 15.8. The minimum Gasteiger partial charge on any atom is -0.444 e. The highest BCUT2D eigenvalue weighted by Gasteiger charge is 2.25. The highest BCUT2D eigenvalue weighted by Crippen LogP contribution is 2.20. The van der Waals surface area contributed by atoms with Crippen molar-refractivity contribution in [2.45, 2.75) is 32.8 Å². The van der Waals surface area contributed by atoms with Gasteiger partial charge in [-0.2, -0.15) is 0 Å². The van der Waals surface area contributed by atoms with Gasteiger partial charge in [0.05, 0.1) is 17.4 Å². The summed E-state index contributed by atoms with van der Waals surface area (Å²) in [5.41, 5.74) is -0.469. The lowest BCUT2D eigenvalue weighted by molar-refractivity contribution is 0.0520. The first-order valence-electron chi connectivity index (χ1n) is 7.03. The Morgan fingerprint density at radius 3 is 2.76 bits per heavy atom. The molecule has 1 N–H and O–H groups in total. The Balaban J connectivity index is 1.78. The monoisotopic (exact) mass is 312 g/mol. The fourth-order valence-corrected chi connectivity index (χ4v) is 2.29. The zero-order valence-electron chi connectivity index (χ0n) is 12.6. The van der Waals surface area contributed by atoms with Crippen molar-refractivity contribution in [3.05, 3.63) is 17.4 Å². The summed E-state index contributed by atoms with van der Waals surface area (Å²) in [7, 11) is 0. The molecule has 0 bridgehead atoms. The van der Waals surface area contributed by atoms with Crippen LogP contribution in [0.25, 0.3) is 0 Å². The molecule has 1 aliphatic rings. The highest BCUT2D eigenvalue weighted by molar-refractivity contribution is 6.30. The molecule has 1 atom stereocenters.